The van der Waals surface area contributed by atoms with E-state index in [1.807, 2.05) is 0 Å². The lowest BCUT2D eigenvalue weighted by Crippen LogP contribution is -2.32. The van der Waals surface area contributed by atoms with Gasteiger partial charge in [0.2, 0.25) is 0 Å². The Bertz CT molecular complexity index is 1270. The molecule has 3 aromatic rings. The second-order valence-corrected chi connectivity index (χ2v) is 7.75. The predicted octanol–water partition coefficient (Wildman–Crippen LogP) is 5.04. The van der Waals surface area contributed by atoms with E-state index in [0.29, 0.717) is 33.4 Å². The van der Waals surface area contributed by atoms with Gasteiger partial charge in [-0.1, -0.05) is 35.3 Å². The first-order valence-corrected chi connectivity index (χ1v) is 10.5. The SMILES string of the molecule is COc1ccc(N2C(=O)C(Cl)=C(Nc3ccc(C(=O)Nc4ccccc4Cl)cc3)C2=O)cc1. The Morgan fingerprint density at radius 3 is 2.18 bits per heavy atom. The van der Waals surface area contributed by atoms with Gasteiger partial charge < -0.3 is 15.4 Å². The Kier molecular flexibility index (Phi) is 6.35. The number of imide groups is 1. The molecule has 0 unspecified atom stereocenters. The van der Waals surface area contributed by atoms with Crippen LogP contribution in [0, 0.1) is 0 Å². The molecule has 3 amide bonds. The number of carbonyl (C=O) groups excluding carboxylic acids is 3. The van der Waals surface area contributed by atoms with Crippen molar-refractivity contribution < 1.29 is 19.1 Å². The molecule has 0 spiro atoms. The van der Waals surface area contributed by atoms with Gasteiger partial charge >= 0.3 is 0 Å². The van der Waals surface area contributed by atoms with E-state index in [4.69, 9.17) is 27.9 Å². The highest BCUT2D eigenvalue weighted by Crippen LogP contribution is 2.31. The van der Waals surface area contributed by atoms with Gasteiger partial charge in [0.1, 0.15) is 16.5 Å². The van der Waals surface area contributed by atoms with Gasteiger partial charge in [-0.05, 0) is 60.7 Å². The maximum absolute atomic E-state index is 12.9. The Hall–Kier alpha value is -3.81. The second kappa shape index (κ2) is 9.36. The smallest absolute Gasteiger partial charge is 0.283 e. The van der Waals surface area contributed by atoms with E-state index < -0.39 is 11.8 Å². The van der Waals surface area contributed by atoms with Crippen LogP contribution in [0.2, 0.25) is 5.02 Å². The minimum atomic E-state index is -0.634. The van der Waals surface area contributed by atoms with E-state index in [-0.39, 0.29) is 16.6 Å². The molecule has 0 aliphatic carbocycles. The maximum atomic E-state index is 12.9. The molecule has 0 aromatic heterocycles. The number of ether oxygens (including phenoxy) is 1. The van der Waals surface area contributed by atoms with Crippen molar-refractivity contribution in [3.05, 3.63) is 94.1 Å². The topological polar surface area (TPSA) is 87.7 Å². The number of amides is 3. The molecule has 2 N–H and O–H groups in total. The summed E-state index contributed by atoms with van der Waals surface area (Å²) < 4.78 is 5.10. The van der Waals surface area contributed by atoms with Crippen LogP contribution >= 0.6 is 23.2 Å². The third kappa shape index (κ3) is 4.55. The zero-order valence-corrected chi connectivity index (χ0v) is 18.8. The summed E-state index contributed by atoms with van der Waals surface area (Å²) in [5.41, 5.74) is 1.68. The monoisotopic (exact) mass is 481 g/mol. The van der Waals surface area contributed by atoms with Crippen LogP contribution in [-0.4, -0.2) is 24.8 Å². The number of carbonyl (C=O) groups is 3. The van der Waals surface area contributed by atoms with E-state index in [0.717, 1.165) is 4.90 Å². The Morgan fingerprint density at radius 2 is 1.55 bits per heavy atom. The number of hydrogen-bond acceptors (Lipinski definition) is 5. The molecule has 0 bridgehead atoms. The normalized spacial score (nSPS) is 13.4. The van der Waals surface area contributed by atoms with Gasteiger partial charge in [0, 0.05) is 11.3 Å². The second-order valence-electron chi connectivity index (χ2n) is 6.97. The molecule has 0 atom stereocenters. The molecule has 0 fully saturated rings. The van der Waals surface area contributed by atoms with Crippen LogP contribution in [0.3, 0.4) is 0 Å². The lowest BCUT2D eigenvalue weighted by atomic mass is 10.2. The fraction of sp³-hybridized carbons (Fsp3) is 0.0417. The minimum Gasteiger partial charge on any atom is -0.497 e. The zero-order chi connectivity index (χ0) is 23.5. The number of rotatable bonds is 6. The summed E-state index contributed by atoms with van der Waals surface area (Å²) in [6.07, 6.45) is 0. The number of para-hydroxylation sites is 1. The molecule has 1 aliphatic heterocycles. The Morgan fingerprint density at radius 1 is 0.879 bits per heavy atom. The number of hydrogen-bond donors (Lipinski definition) is 2. The van der Waals surface area contributed by atoms with Crippen LogP contribution in [-0.2, 0) is 9.59 Å². The fourth-order valence-electron chi connectivity index (χ4n) is 3.18. The van der Waals surface area contributed by atoms with E-state index in [1.165, 1.54) is 7.11 Å². The fourth-order valence-corrected chi connectivity index (χ4v) is 3.58. The maximum Gasteiger partial charge on any atom is 0.283 e. The molecule has 7 nitrogen and oxygen atoms in total. The van der Waals surface area contributed by atoms with Gasteiger partial charge in [-0.2, -0.15) is 0 Å². The first-order valence-electron chi connectivity index (χ1n) is 9.74. The van der Waals surface area contributed by atoms with Gasteiger partial charge in [-0.15, -0.1) is 0 Å². The molecule has 0 saturated carbocycles. The van der Waals surface area contributed by atoms with Crippen molar-refractivity contribution in [2.45, 2.75) is 0 Å². The highest BCUT2D eigenvalue weighted by molar-refractivity contribution is 6.53. The van der Waals surface area contributed by atoms with Crippen molar-refractivity contribution in [1.82, 2.24) is 0 Å². The summed E-state index contributed by atoms with van der Waals surface area (Å²) in [6, 6.07) is 19.7. The van der Waals surface area contributed by atoms with Crippen molar-refractivity contribution in [2.75, 3.05) is 22.6 Å². The van der Waals surface area contributed by atoms with Crippen LogP contribution in [0.5, 0.6) is 5.75 Å². The molecular formula is C24H17Cl2N3O4. The number of halogens is 2. The Labute approximate surface area is 199 Å². The van der Waals surface area contributed by atoms with E-state index in [2.05, 4.69) is 10.6 Å². The average Bonchev–Trinajstić information content (AvgIpc) is 3.04. The van der Waals surface area contributed by atoms with Crippen molar-refractivity contribution in [1.29, 1.82) is 0 Å². The van der Waals surface area contributed by atoms with Gasteiger partial charge in [0.25, 0.3) is 17.7 Å². The molecule has 1 heterocycles. The lowest BCUT2D eigenvalue weighted by molar-refractivity contribution is -0.120. The highest BCUT2D eigenvalue weighted by Gasteiger charge is 2.38. The molecule has 0 radical (unpaired) electrons. The van der Waals surface area contributed by atoms with Crippen LogP contribution in [0.15, 0.2) is 83.5 Å². The predicted molar refractivity (Wildman–Crippen MR) is 128 cm³/mol. The molecule has 166 valence electrons. The number of anilines is 3. The summed E-state index contributed by atoms with van der Waals surface area (Å²) in [7, 11) is 1.52. The standard InChI is InChI=1S/C24H17Cl2N3O4/c1-33-17-12-10-16(11-13-17)29-23(31)20(26)21(24(29)32)27-15-8-6-14(7-9-15)22(30)28-19-5-3-2-4-18(19)25/h2-13,27H,1H3,(H,28,30). The van der Waals surface area contributed by atoms with E-state index in [1.54, 1.807) is 72.8 Å². The van der Waals surface area contributed by atoms with Gasteiger partial charge in [-0.25, -0.2) is 4.90 Å². The van der Waals surface area contributed by atoms with Crippen LogP contribution in [0.25, 0.3) is 0 Å². The van der Waals surface area contributed by atoms with Crippen molar-refractivity contribution >= 4 is 58.0 Å². The highest BCUT2D eigenvalue weighted by atomic mass is 35.5. The molecule has 4 rings (SSSR count). The van der Waals surface area contributed by atoms with Gasteiger partial charge in [0.15, 0.2) is 0 Å². The van der Waals surface area contributed by atoms with Crippen LogP contribution in [0.4, 0.5) is 17.1 Å². The lowest BCUT2D eigenvalue weighted by Gasteiger charge is -2.15. The first-order chi connectivity index (χ1) is 15.9. The number of benzene rings is 3. The molecular weight excluding hydrogens is 465 g/mol. The van der Waals surface area contributed by atoms with Gasteiger partial charge in [0.05, 0.1) is 23.5 Å². The third-order valence-electron chi connectivity index (χ3n) is 4.90. The third-order valence-corrected chi connectivity index (χ3v) is 5.58. The van der Waals surface area contributed by atoms with Crippen molar-refractivity contribution in [3.63, 3.8) is 0 Å². The van der Waals surface area contributed by atoms with Crippen molar-refractivity contribution in [3.8, 4) is 5.75 Å². The summed E-state index contributed by atoms with van der Waals surface area (Å²) in [5, 5.41) is 5.81. The van der Waals surface area contributed by atoms with E-state index >= 15 is 0 Å². The summed E-state index contributed by atoms with van der Waals surface area (Å²) >= 11 is 12.2. The van der Waals surface area contributed by atoms with Crippen molar-refractivity contribution in [2.24, 2.45) is 0 Å². The minimum absolute atomic E-state index is 0.0502. The molecule has 1 aliphatic rings. The quantitative estimate of drug-likeness (QED) is 0.481. The number of nitrogens with one attached hydrogen (secondary N) is 2. The largest absolute Gasteiger partial charge is 0.497 e. The Balaban J connectivity index is 1.48. The average molecular weight is 482 g/mol. The molecule has 33 heavy (non-hydrogen) atoms. The summed E-state index contributed by atoms with van der Waals surface area (Å²) in [5.74, 6) is -0.973. The summed E-state index contributed by atoms with van der Waals surface area (Å²) in [6.45, 7) is 0. The molecule has 0 saturated heterocycles. The van der Waals surface area contributed by atoms with Gasteiger partial charge in [-0.3, -0.25) is 14.4 Å². The summed E-state index contributed by atoms with van der Waals surface area (Å²) in [4.78, 5) is 38.9. The first kappa shape index (κ1) is 22.4. The molecule has 3 aromatic carbocycles. The van der Waals surface area contributed by atoms with Crippen LogP contribution < -0.4 is 20.3 Å². The number of methoxy groups -OCH3 is 1. The molecule has 9 heteroatoms. The van der Waals surface area contributed by atoms with Crippen LogP contribution in [0.1, 0.15) is 10.4 Å². The zero-order valence-electron chi connectivity index (χ0n) is 17.3. The number of nitrogens with zero attached hydrogens (tertiary/aromatic N) is 1. The van der Waals surface area contributed by atoms with E-state index in [9.17, 15) is 14.4 Å².